The zero-order valence-corrected chi connectivity index (χ0v) is 16.9. The topological polar surface area (TPSA) is 76.2 Å². The predicted octanol–water partition coefficient (Wildman–Crippen LogP) is 4.87. The van der Waals surface area contributed by atoms with Crippen molar-refractivity contribution in [2.45, 2.75) is 34.7 Å². The molecule has 0 aliphatic heterocycles. The molecule has 1 N–H and O–H groups in total. The Morgan fingerprint density at radius 1 is 1.23 bits per heavy atom. The van der Waals surface area contributed by atoms with Gasteiger partial charge in [-0.25, -0.2) is 4.79 Å². The predicted molar refractivity (Wildman–Crippen MR) is 109 cm³/mol. The Morgan fingerprint density at radius 3 is 2.65 bits per heavy atom. The highest BCUT2D eigenvalue weighted by atomic mass is 32.2. The molecule has 0 unspecified atom stereocenters. The van der Waals surface area contributed by atoms with Crippen molar-refractivity contribution in [3.63, 3.8) is 0 Å². The van der Waals surface area contributed by atoms with Gasteiger partial charge >= 0.3 is 5.63 Å². The van der Waals surface area contributed by atoms with E-state index in [2.05, 4.69) is 16.8 Å². The molecular formula is C18H18N2O3S3. The van der Waals surface area contributed by atoms with Crippen LogP contribution in [0.1, 0.15) is 25.0 Å². The summed E-state index contributed by atoms with van der Waals surface area (Å²) in [4.78, 5) is 11.8. The molecule has 0 atom stereocenters. The molecule has 0 radical (unpaired) electrons. The van der Waals surface area contributed by atoms with Crippen LogP contribution >= 0.6 is 34.9 Å². The van der Waals surface area contributed by atoms with Crippen molar-refractivity contribution in [3.8, 4) is 5.75 Å². The first-order valence-electron chi connectivity index (χ1n) is 7.98. The van der Waals surface area contributed by atoms with E-state index in [4.69, 9.17) is 4.42 Å². The van der Waals surface area contributed by atoms with Gasteiger partial charge in [0.15, 0.2) is 8.68 Å². The quantitative estimate of drug-likeness (QED) is 0.341. The molecule has 0 spiro atoms. The van der Waals surface area contributed by atoms with Gasteiger partial charge in [-0.3, -0.25) is 0 Å². The molecule has 0 amide bonds. The molecule has 2 heterocycles. The molecule has 0 aliphatic rings. The van der Waals surface area contributed by atoms with E-state index in [0.717, 1.165) is 36.5 Å². The fourth-order valence-electron chi connectivity index (χ4n) is 2.35. The molecule has 0 bridgehead atoms. The SMILES string of the molecule is C=C(C)CSc1nnc(SCc2cc(=O)oc3cc(O)c(CC)cc23)s1. The average molecular weight is 407 g/mol. The number of hydrogen-bond donors (Lipinski definition) is 1. The number of phenols is 1. The van der Waals surface area contributed by atoms with Crippen LogP contribution in [0.5, 0.6) is 5.75 Å². The van der Waals surface area contributed by atoms with Crippen molar-refractivity contribution < 1.29 is 9.52 Å². The third-order valence-electron chi connectivity index (χ3n) is 3.59. The Balaban J connectivity index is 1.82. The number of fused-ring (bicyclic) bond motifs is 1. The first kappa shape index (κ1) is 19.0. The lowest BCUT2D eigenvalue weighted by atomic mass is 10.1. The minimum atomic E-state index is -0.424. The summed E-state index contributed by atoms with van der Waals surface area (Å²) in [5.74, 6) is 1.55. The lowest BCUT2D eigenvalue weighted by molar-refractivity contribution is 0.466. The Kier molecular flexibility index (Phi) is 6.05. The maximum atomic E-state index is 11.8. The average Bonchev–Trinajstić information content (AvgIpc) is 3.05. The number of phenolic OH excluding ortho intramolecular Hbond substituents is 1. The summed E-state index contributed by atoms with van der Waals surface area (Å²) in [7, 11) is 0. The Bertz CT molecular complexity index is 1010. The number of nitrogens with zero attached hydrogens (tertiary/aromatic N) is 2. The van der Waals surface area contributed by atoms with Gasteiger partial charge in [-0.15, -0.1) is 10.2 Å². The van der Waals surface area contributed by atoms with Gasteiger partial charge in [-0.1, -0.05) is 53.9 Å². The van der Waals surface area contributed by atoms with Gasteiger partial charge in [0.25, 0.3) is 0 Å². The lowest BCUT2D eigenvalue weighted by Gasteiger charge is -2.07. The van der Waals surface area contributed by atoms with E-state index in [-0.39, 0.29) is 5.75 Å². The summed E-state index contributed by atoms with van der Waals surface area (Å²) in [5.41, 5.74) is 2.76. The molecule has 1 aromatic carbocycles. The van der Waals surface area contributed by atoms with Crippen LogP contribution in [0.3, 0.4) is 0 Å². The molecular weight excluding hydrogens is 388 g/mol. The monoisotopic (exact) mass is 406 g/mol. The molecule has 136 valence electrons. The highest BCUT2D eigenvalue weighted by Crippen LogP contribution is 2.33. The molecule has 0 saturated heterocycles. The zero-order chi connectivity index (χ0) is 18.7. The van der Waals surface area contributed by atoms with Gasteiger partial charge in [0, 0.05) is 29.0 Å². The number of thioether (sulfide) groups is 2. The maximum Gasteiger partial charge on any atom is 0.336 e. The standard InChI is InChI=1S/C18H18N2O3S3/c1-4-11-5-13-12(6-16(22)23-15(13)7-14(11)21)9-25-18-20-19-17(26-18)24-8-10(2)3/h5-7,21H,2,4,8-9H2,1,3H3. The van der Waals surface area contributed by atoms with Gasteiger partial charge in [0.2, 0.25) is 0 Å². The van der Waals surface area contributed by atoms with Crippen LogP contribution in [0, 0.1) is 0 Å². The first-order valence-corrected chi connectivity index (χ1v) is 10.8. The number of rotatable bonds is 7. The normalized spacial score (nSPS) is 11.2. The largest absolute Gasteiger partial charge is 0.508 e. The van der Waals surface area contributed by atoms with Crippen LogP contribution in [-0.4, -0.2) is 21.1 Å². The summed E-state index contributed by atoms with van der Waals surface area (Å²) in [6, 6.07) is 4.91. The number of aromatic hydroxyl groups is 1. The number of aromatic nitrogens is 2. The van der Waals surface area contributed by atoms with Crippen molar-refractivity contribution in [2.24, 2.45) is 0 Å². The van der Waals surface area contributed by atoms with Gasteiger partial charge < -0.3 is 9.52 Å². The maximum absolute atomic E-state index is 11.8. The summed E-state index contributed by atoms with van der Waals surface area (Å²) < 4.78 is 6.99. The molecule has 3 aromatic rings. The Morgan fingerprint density at radius 2 is 1.96 bits per heavy atom. The smallest absolute Gasteiger partial charge is 0.336 e. The third kappa shape index (κ3) is 4.49. The highest BCUT2D eigenvalue weighted by molar-refractivity contribution is 8.03. The van der Waals surface area contributed by atoms with Crippen molar-refractivity contribution in [1.82, 2.24) is 10.2 Å². The van der Waals surface area contributed by atoms with E-state index < -0.39 is 5.63 Å². The van der Waals surface area contributed by atoms with E-state index >= 15 is 0 Å². The van der Waals surface area contributed by atoms with Gasteiger partial charge in [0.05, 0.1) is 0 Å². The van der Waals surface area contributed by atoms with Crippen molar-refractivity contribution in [1.29, 1.82) is 0 Å². The number of benzene rings is 1. The van der Waals surface area contributed by atoms with Crippen LogP contribution in [0.15, 0.2) is 48.2 Å². The van der Waals surface area contributed by atoms with Crippen molar-refractivity contribution in [2.75, 3.05) is 5.75 Å². The summed E-state index contributed by atoms with van der Waals surface area (Å²) >= 11 is 4.69. The molecule has 26 heavy (non-hydrogen) atoms. The molecule has 2 aromatic heterocycles. The second-order valence-electron chi connectivity index (χ2n) is 5.79. The summed E-state index contributed by atoms with van der Waals surface area (Å²) in [6.07, 6.45) is 0.702. The second kappa shape index (κ2) is 8.28. The molecule has 0 aliphatic carbocycles. The van der Waals surface area contributed by atoms with Crippen LogP contribution in [0.25, 0.3) is 11.0 Å². The van der Waals surface area contributed by atoms with E-state index in [9.17, 15) is 9.90 Å². The number of hydrogen-bond acceptors (Lipinski definition) is 8. The van der Waals surface area contributed by atoms with Crippen LogP contribution in [-0.2, 0) is 12.2 Å². The van der Waals surface area contributed by atoms with Crippen LogP contribution < -0.4 is 5.63 Å². The molecule has 3 rings (SSSR count). The fourth-order valence-corrected chi connectivity index (χ4v) is 5.20. The molecule has 5 nitrogen and oxygen atoms in total. The Hall–Kier alpha value is -1.77. The van der Waals surface area contributed by atoms with Gasteiger partial charge in [0.1, 0.15) is 11.3 Å². The van der Waals surface area contributed by atoms with Crippen molar-refractivity contribution >= 4 is 45.8 Å². The van der Waals surface area contributed by atoms with E-state index in [1.165, 1.54) is 35.2 Å². The highest BCUT2D eigenvalue weighted by Gasteiger charge is 2.12. The minimum Gasteiger partial charge on any atom is -0.508 e. The third-order valence-corrected chi connectivity index (χ3v) is 7.06. The first-order chi connectivity index (χ1) is 12.5. The summed E-state index contributed by atoms with van der Waals surface area (Å²) in [6.45, 7) is 7.84. The van der Waals surface area contributed by atoms with Crippen molar-refractivity contribution in [3.05, 3.63) is 51.9 Å². The minimum absolute atomic E-state index is 0.149. The van der Waals surface area contributed by atoms with Crippen LogP contribution in [0.2, 0.25) is 0 Å². The van der Waals surface area contributed by atoms with E-state index in [1.54, 1.807) is 11.8 Å². The molecule has 8 heteroatoms. The van der Waals surface area contributed by atoms with E-state index in [0.29, 0.717) is 17.8 Å². The lowest BCUT2D eigenvalue weighted by Crippen LogP contribution is -2.00. The zero-order valence-electron chi connectivity index (χ0n) is 14.4. The second-order valence-corrected chi connectivity index (χ2v) is 9.21. The van der Waals surface area contributed by atoms with Gasteiger partial charge in [-0.05, 0) is 30.5 Å². The van der Waals surface area contributed by atoms with Gasteiger partial charge in [-0.2, -0.15) is 0 Å². The summed E-state index contributed by atoms with van der Waals surface area (Å²) in [5, 5.41) is 19.2. The van der Waals surface area contributed by atoms with E-state index in [1.807, 2.05) is 19.9 Å². The fraction of sp³-hybridized carbons (Fsp3) is 0.278. The van der Waals surface area contributed by atoms with Crippen LogP contribution in [0.4, 0.5) is 0 Å². The molecule has 0 saturated carbocycles. The Labute approximate surface area is 163 Å². The molecule has 0 fully saturated rings. The number of aryl methyl sites for hydroxylation is 1.